The molecule has 0 aliphatic carbocycles. The van der Waals surface area contributed by atoms with Gasteiger partial charge < -0.3 is 4.42 Å². The second-order valence-electron chi connectivity index (χ2n) is 5.56. The van der Waals surface area contributed by atoms with Gasteiger partial charge in [0.25, 0.3) is 0 Å². The van der Waals surface area contributed by atoms with E-state index in [2.05, 4.69) is 4.72 Å². The van der Waals surface area contributed by atoms with Gasteiger partial charge in [0.1, 0.15) is 0 Å². The van der Waals surface area contributed by atoms with Crippen molar-refractivity contribution in [2.24, 2.45) is 0 Å². The van der Waals surface area contributed by atoms with Crippen molar-refractivity contribution in [1.82, 2.24) is 4.72 Å². The fourth-order valence-corrected chi connectivity index (χ4v) is 3.67. The molecular formula is C17H20ClNO4S. The first-order chi connectivity index (χ1) is 11.4. The molecule has 0 aliphatic rings. The van der Waals surface area contributed by atoms with Crippen LogP contribution in [0.4, 0.5) is 0 Å². The van der Waals surface area contributed by atoms with Crippen molar-refractivity contribution >= 4 is 27.4 Å². The van der Waals surface area contributed by atoms with E-state index in [1.807, 2.05) is 0 Å². The van der Waals surface area contributed by atoms with Crippen molar-refractivity contribution in [2.45, 2.75) is 37.1 Å². The van der Waals surface area contributed by atoms with Gasteiger partial charge in [-0.15, -0.1) is 11.6 Å². The highest BCUT2D eigenvalue weighted by Gasteiger charge is 2.20. The predicted octanol–water partition coefficient (Wildman–Crippen LogP) is 3.39. The molecule has 1 aromatic heterocycles. The highest BCUT2D eigenvalue weighted by atomic mass is 35.5. The van der Waals surface area contributed by atoms with Gasteiger partial charge in [0, 0.05) is 18.3 Å². The molecule has 2 aromatic rings. The third-order valence-corrected chi connectivity index (χ3v) is 5.35. The van der Waals surface area contributed by atoms with Gasteiger partial charge in [-0.1, -0.05) is 12.1 Å². The second kappa shape index (κ2) is 8.46. The summed E-state index contributed by atoms with van der Waals surface area (Å²) in [5, 5.41) is 0. The lowest BCUT2D eigenvalue weighted by Gasteiger charge is -2.13. The number of benzene rings is 1. The Bertz CT molecular complexity index is 754. The molecule has 24 heavy (non-hydrogen) atoms. The third-order valence-electron chi connectivity index (χ3n) is 3.48. The summed E-state index contributed by atoms with van der Waals surface area (Å²) < 4.78 is 32.3. The number of aryl methyl sites for hydroxylation is 1. The first-order valence-corrected chi connectivity index (χ1v) is 9.68. The number of ketones is 1. The highest BCUT2D eigenvalue weighted by molar-refractivity contribution is 7.89. The second-order valence-corrected chi connectivity index (χ2v) is 7.66. The average Bonchev–Trinajstić information content (AvgIpc) is 3.07. The Morgan fingerprint density at radius 1 is 1.25 bits per heavy atom. The first kappa shape index (κ1) is 18.7. The number of furan rings is 1. The minimum Gasteiger partial charge on any atom is -0.461 e. The lowest BCUT2D eigenvalue weighted by Crippen LogP contribution is -2.34. The van der Waals surface area contributed by atoms with Crippen LogP contribution < -0.4 is 4.72 Å². The molecule has 1 N–H and O–H groups in total. The van der Waals surface area contributed by atoms with Crippen LogP contribution in [0.25, 0.3) is 0 Å². The Kier molecular flexibility index (Phi) is 6.60. The van der Waals surface area contributed by atoms with E-state index in [-0.39, 0.29) is 22.9 Å². The van der Waals surface area contributed by atoms with Crippen molar-refractivity contribution in [3.63, 3.8) is 0 Å². The summed E-state index contributed by atoms with van der Waals surface area (Å²) in [6.07, 6.45) is 3.09. The average molecular weight is 370 g/mol. The minimum absolute atomic E-state index is 0.0283. The van der Waals surface area contributed by atoms with Crippen LogP contribution in [0.15, 0.2) is 52.0 Å². The summed E-state index contributed by atoms with van der Waals surface area (Å²) in [5.74, 6) is 0.555. The molecule has 0 fully saturated rings. The number of carbonyl (C=O) groups excluding carboxylic acids is 1. The summed E-state index contributed by atoms with van der Waals surface area (Å²) in [7, 11) is -3.67. The van der Waals surface area contributed by atoms with Gasteiger partial charge in [0.2, 0.25) is 10.0 Å². The molecule has 0 amide bonds. The van der Waals surface area contributed by atoms with Crippen molar-refractivity contribution < 1.29 is 17.6 Å². The van der Waals surface area contributed by atoms with Gasteiger partial charge >= 0.3 is 0 Å². The smallest absolute Gasteiger partial charge is 0.240 e. The Morgan fingerprint density at radius 2 is 1.96 bits per heavy atom. The fourth-order valence-electron chi connectivity index (χ4n) is 2.30. The maximum Gasteiger partial charge on any atom is 0.240 e. The van der Waals surface area contributed by atoms with E-state index < -0.39 is 16.1 Å². The Labute approximate surface area is 147 Å². The molecule has 1 aromatic carbocycles. The van der Waals surface area contributed by atoms with Crippen LogP contribution in [-0.4, -0.2) is 26.1 Å². The molecule has 0 unspecified atom stereocenters. The molecule has 0 radical (unpaired) electrons. The van der Waals surface area contributed by atoms with Gasteiger partial charge in [-0.25, -0.2) is 13.1 Å². The van der Waals surface area contributed by atoms with Gasteiger partial charge in [0.05, 0.1) is 11.2 Å². The van der Waals surface area contributed by atoms with Crippen LogP contribution in [-0.2, 0) is 16.4 Å². The fraction of sp³-hybridized carbons (Fsp3) is 0.353. The molecule has 7 heteroatoms. The minimum atomic E-state index is -3.67. The lowest BCUT2D eigenvalue weighted by molar-refractivity contribution is 0.0948. The Hall–Kier alpha value is -1.63. The van der Waals surface area contributed by atoms with E-state index in [0.29, 0.717) is 5.88 Å². The van der Waals surface area contributed by atoms with Gasteiger partial charge in [-0.3, -0.25) is 4.79 Å². The third kappa shape index (κ3) is 5.19. The largest absolute Gasteiger partial charge is 0.461 e. The number of rotatable bonds is 9. The van der Waals surface area contributed by atoms with Gasteiger partial charge in [0.15, 0.2) is 11.5 Å². The van der Waals surface area contributed by atoms with E-state index in [0.717, 1.165) is 18.4 Å². The van der Waals surface area contributed by atoms with E-state index in [1.54, 1.807) is 43.3 Å². The molecule has 0 saturated carbocycles. The van der Waals surface area contributed by atoms with Gasteiger partial charge in [-0.2, -0.15) is 0 Å². The van der Waals surface area contributed by atoms with Crippen LogP contribution in [0.3, 0.4) is 0 Å². The Morgan fingerprint density at radius 3 is 2.54 bits per heavy atom. The first-order valence-electron chi connectivity index (χ1n) is 7.66. The monoisotopic (exact) mass is 369 g/mol. The standard InChI is InChI=1S/C17H20ClNO4S/c1-13(12-16(20)17-5-3-11-23-17)19-24(21,22)15-8-6-14(7-9-15)4-2-10-18/h3,5-9,11,13,19H,2,4,10,12H2,1H3/t13-/m0/s1. The number of hydrogen-bond acceptors (Lipinski definition) is 4. The molecular weight excluding hydrogens is 350 g/mol. The normalized spacial score (nSPS) is 12.9. The maximum atomic E-state index is 12.4. The number of carbonyl (C=O) groups is 1. The summed E-state index contributed by atoms with van der Waals surface area (Å²) in [6.45, 7) is 1.65. The number of halogens is 1. The number of sulfonamides is 1. The topological polar surface area (TPSA) is 76.4 Å². The number of alkyl halides is 1. The van der Waals surface area contributed by atoms with Crippen molar-refractivity contribution in [3.8, 4) is 0 Å². The highest BCUT2D eigenvalue weighted by Crippen LogP contribution is 2.14. The van der Waals surface area contributed by atoms with Crippen molar-refractivity contribution in [3.05, 3.63) is 54.0 Å². The quantitative estimate of drug-likeness (QED) is 0.543. The zero-order valence-corrected chi connectivity index (χ0v) is 14.9. The zero-order valence-electron chi connectivity index (χ0n) is 13.4. The molecule has 130 valence electrons. The molecule has 1 heterocycles. The summed E-state index contributed by atoms with van der Waals surface area (Å²) in [6, 6.07) is 9.32. The van der Waals surface area contributed by atoms with Crippen LogP contribution in [0, 0.1) is 0 Å². The summed E-state index contributed by atoms with van der Waals surface area (Å²) >= 11 is 5.65. The van der Waals surface area contributed by atoms with Crippen LogP contribution in [0.1, 0.15) is 35.9 Å². The van der Waals surface area contributed by atoms with E-state index in [9.17, 15) is 13.2 Å². The molecule has 0 aliphatic heterocycles. The molecule has 0 saturated heterocycles. The number of hydrogen-bond donors (Lipinski definition) is 1. The van der Waals surface area contributed by atoms with E-state index in [4.69, 9.17) is 16.0 Å². The van der Waals surface area contributed by atoms with Crippen molar-refractivity contribution in [1.29, 1.82) is 0 Å². The lowest BCUT2D eigenvalue weighted by atomic mass is 10.1. The molecule has 0 spiro atoms. The maximum absolute atomic E-state index is 12.4. The number of nitrogens with one attached hydrogen (secondary N) is 1. The predicted molar refractivity (Wildman–Crippen MR) is 92.9 cm³/mol. The van der Waals surface area contributed by atoms with Crippen LogP contribution >= 0.6 is 11.6 Å². The summed E-state index contributed by atoms with van der Waals surface area (Å²) in [4.78, 5) is 12.1. The van der Waals surface area contributed by atoms with Gasteiger partial charge in [-0.05, 0) is 49.6 Å². The Balaban J connectivity index is 1.98. The molecule has 1 atom stereocenters. The molecule has 2 rings (SSSR count). The van der Waals surface area contributed by atoms with E-state index >= 15 is 0 Å². The van der Waals surface area contributed by atoms with E-state index in [1.165, 1.54) is 6.26 Å². The van der Waals surface area contributed by atoms with Crippen LogP contribution in [0.2, 0.25) is 0 Å². The SMILES string of the molecule is C[C@@H](CC(=O)c1ccco1)NS(=O)(=O)c1ccc(CCCCl)cc1. The summed E-state index contributed by atoms with van der Waals surface area (Å²) in [5.41, 5.74) is 1.04. The van der Waals surface area contributed by atoms with Crippen LogP contribution in [0.5, 0.6) is 0 Å². The zero-order chi connectivity index (χ0) is 17.6. The molecule has 0 bridgehead atoms. The number of Topliss-reactive ketones (excluding diaryl/α,β-unsaturated/α-hetero) is 1. The molecule has 5 nitrogen and oxygen atoms in total. The van der Waals surface area contributed by atoms with Crippen molar-refractivity contribution in [2.75, 3.05) is 5.88 Å².